The maximum Gasteiger partial charge on any atom is 0.236 e. The van der Waals surface area contributed by atoms with Crippen molar-refractivity contribution < 1.29 is 9.59 Å². The number of amides is 1. The summed E-state index contributed by atoms with van der Waals surface area (Å²) in [6, 6.07) is 0.426. The van der Waals surface area contributed by atoms with E-state index in [1.165, 1.54) is 38.5 Å². The number of carbonyl (C=O) groups is 2. The lowest BCUT2D eigenvalue weighted by Crippen LogP contribution is -2.75. The van der Waals surface area contributed by atoms with Crippen LogP contribution in [-0.4, -0.2) is 28.2 Å². The summed E-state index contributed by atoms with van der Waals surface area (Å²) in [6.45, 7) is 1.61. The van der Waals surface area contributed by atoms with Crippen LogP contribution in [0.4, 0.5) is 0 Å². The fourth-order valence-electron chi connectivity index (χ4n) is 4.79. The highest BCUT2D eigenvalue weighted by molar-refractivity contribution is 6.07. The zero-order valence-corrected chi connectivity index (χ0v) is 12.0. The van der Waals surface area contributed by atoms with Gasteiger partial charge in [-0.1, -0.05) is 38.5 Å². The summed E-state index contributed by atoms with van der Waals surface area (Å²) < 4.78 is 0. The number of nitrogens with zero attached hydrogens (tertiary/aromatic N) is 1. The molecule has 1 saturated heterocycles. The normalized spacial score (nSPS) is 31.3. The van der Waals surface area contributed by atoms with Crippen molar-refractivity contribution in [1.82, 2.24) is 4.90 Å². The Bertz CT molecular complexity index is 378. The monoisotopic (exact) mass is 263 g/mol. The average molecular weight is 263 g/mol. The molecule has 1 heterocycles. The van der Waals surface area contributed by atoms with Gasteiger partial charge < -0.3 is 4.90 Å². The third-order valence-corrected chi connectivity index (χ3v) is 5.57. The third-order valence-electron chi connectivity index (χ3n) is 5.57. The van der Waals surface area contributed by atoms with Crippen LogP contribution in [0.5, 0.6) is 0 Å². The molecular formula is C16H25NO2. The molecule has 1 amide bonds. The van der Waals surface area contributed by atoms with Crippen LogP contribution in [0.25, 0.3) is 0 Å². The van der Waals surface area contributed by atoms with E-state index in [0.29, 0.717) is 6.04 Å². The molecule has 1 spiro atoms. The molecule has 2 aliphatic carbocycles. The van der Waals surface area contributed by atoms with Gasteiger partial charge in [-0.15, -0.1) is 0 Å². The lowest BCUT2D eigenvalue weighted by Gasteiger charge is -2.62. The van der Waals surface area contributed by atoms with Gasteiger partial charge in [0.15, 0.2) is 0 Å². The number of carbonyl (C=O) groups excluding carboxylic acids is 2. The van der Waals surface area contributed by atoms with Gasteiger partial charge in [0.1, 0.15) is 11.7 Å². The molecule has 1 unspecified atom stereocenters. The van der Waals surface area contributed by atoms with E-state index in [2.05, 4.69) is 4.90 Å². The number of likely N-dealkylation sites (tertiary alicyclic amines) is 1. The standard InChI is InChI=1S/C16H25NO2/c1-12(18)14-15(19)17(13-8-4-2-5-9-13)16(14)10-6-3-7-11-16/h13-14H,2-11H2,1H3. The minimum atomic E-state index is -0.310. The van der Waals surface area contributed by atoms with Gasteiger partial charge in [0.2, 0.25) is 5.91 Å². The molecule has 0 N–H and O–H groups in total. The highest BCUT2D eigenvalue weighted by atomic mass is 16.2. The lowest BCUT2D eigenvalue weighted by atomic mass is 9.62. The molecule has 3 rings (SSSR count). The highest BCUT2D eigenvalue weighted by Crippen LogP contribution is 2.51. The molecule has 3 heteroatoms. The first-order valence-electron chi connectivity index (χ1n) is 8.00. The summed E-state index contributed by atoms with van der Waals surface area (Å²) >= 11 is 0. The van der Waals surface area contributed by atoms with Crippen LogP contribution in [0.3, 0.4) is 0 Å². The highest BCUT2D eigenvalue weighted by Gasteiger charge is 2.63. The molecule has 0 radical (unpaired) electrons. The molecule has 106 valence electrons. The Balaban J connectivity index is 1.85. The summed E-state index contributed by atoms with van der Waals surface area (Å²) in [4.78, 5) is 26.5. The molecular weight excluding hydrogens is 238 g/mol. The van der Waals surface area contributed by atoms with Crippen LogP contribution in [0, 0.1) is 5.92 Å². The van der Waals surface area contributed by atoms with Crippen molar-refractivity contribution in [3.63, 3.8) is 0 Å². The van der Waals surface area contributed by atoms with E-state index in [1.807, 2.05) is 0 Å². The van der Waals surface area contributed by atoms with Crippen molar-refractivity contribution in [3.05, 3.63) is 0 Å². The summed E-state index contributed by atoms with van der Waals surface area (Å²) in [5.41, 5.74) is -0.0802. The van der Waals surface area contributed by atoms with Gasteiger partial charge in [0.25, 0.3) is 0 Å². The van der Waals surface area contributed by atoms with Gasteiger partial charge in [0, 0.05) is 6.04 Å². The fraction of sp³-hybridized carbons (Fsp3) is 0.875. The Labute approximate surface area is 115 Å². The largest absolute Gasteiger partial charge is 0.332 e. The number of hydrogen-bond acceptors (Lipinski definition) is 2. The first-order valence-corrected chi connectivity index (χ1v) is 8.00. The Kier molecular flexibility index (Phi) is 3.40. The van der Waals surface area contributed by atoms with Gasteiger partial charge in [-0.3, -0.25) is 9.59 Å². The summed E-state index contributed by atoms with van der Waals surface area (Å²) in [5, 5.41) is 0. The second kappa shape index (κ2) is 4.92. The van der Waals surface area contributed by atoms with Crippen LogP contribution < -0.4 is 0 Å². The molecule has 1 atom stereocenters. The average Bonchev–Trinajstić information content (AvgIpc) is 2.40. The molecule has 3 fully saturated rings. The van der Waals surface area contributed by atoms with Gasteiger partial charge in [-0.25, -0.2) is 0 Å². The smallest absolute Gasteiger partial charge is 0.236 e. The van der Waals surface area contributed by atoms with E-state index in [-0.39, 0.29) is 23.1 Å². The maximum atomic E-state index is 12.5. The quantitative estimate of drug-likeness (QED) is 0.567. The second-order valence-corrected chi connectivity index (χ2v) is 6.71. The van der Waals surface area contributed by atoms with E-state index in [1.54, 1.807) is 6.92 Å². The van der Waals surface area contributed by atoms with Crippen LogP contribution in [0.2, 0.25) is 0 Å². The van der Waals surface area contributed by atoms with Gasteiger partial charge >= 0.3 is 0 Å². The van der Waals surface area contributed by atoms with Crippen molar-refractivity contribution in [2.45, 2.75) is 82.7 Å². The molecule has 19 heavy (non-hydrogen) atoms. The number of ketones is 1. The van der Waals surface area contributed by atoms with Crippen molar-refractivity contribution in [3.8, 4) is 0 Å². The summed E-state index contributed by atoms with van der Waals surface area (Å²) in [6.07, 6.45) is 11.8. The van der Waals surface area contributed by atoms with Crippen molar-refractivity contribution >= 4 is 11.7 Å². The SMILES string of the molecule is CC(=O)C1C(=O)N(C2CCCCC2)C12CCCCC2. The Morgan fingerprint density at radius 1 is 1.05 bits per heavy atom. The maximum absolute atomic E-state index is 12.5. The van der Waals surface area contributed by atoms with Crippen molar-refractivity contribution in [2.24, 2.45) is 5.92 Å². The van der Waals surface area contributed by atoms with Gasteiger partial charge in [-0.2, -0.15) is 0 Å². The van der Waals surface area contributed by atoms with Crippen LogP contribution in [-0.2, 0) is 9.59 Å². The minimum absolute atomic E-state index is 0.0802. The third kappa shape index (κ3) is 1.93. The van der Waals surface area contributed by atoms with Crippen LogP contribution >= 0.6 is 0 Å². The molecule has 3 aliphatic rings. The Morgan fingerprint density at radius 3 is 2.21 bits per heavy atom. The van der Waals surface area contributed by atoms with E-state index < -0.39 is 0 Å². The zero-order valence-electron chi connectivity index (χ0n) is 12.0. The van der Waals surface area contributed by atoms with Crippen LogP contribution in [0.15, 0.2) is 0 Å². The number of hydrogen-bond donors (Lipinski definition) is 0. The molecule has 3 nitrogen and oxygen atoms in total. The predicted molar refractivity (Wildman–Crippen MR) is 73.7 cm³/mol. The van der Waals surface area contributed by atoms with Gasteiger partial charge in [0.05, 0.1) is 5.54 Å². The lowest BCUT2D eigenvalue weighted by molar-refractivity contribution is -0.186. The van der Waals surface area contributed by atoms with E-state index in [9.17, 15) is 9.59 Å². The topological polar surface area (TPSA) is 37.4 Å². The minimum Gasteiger partial charge on any atom is -0.332 e. The molecule has 0 aromatic rings. The molecule has 0 bridgehead atoms. The van der Waals surface area contributed by atoms with E-state index in [0.717, 1.165) is 25.7 Å². The predicted octanol–water partition coefficient (Wildman–Crippen LogP) is 3.07. The van der Waals surface area contributed by atoms with Crippen molar-refractivity contribution in [2.75, 3.05) is 0 Å². The van der Waals surface area contributed by atoms with E-state index in [4.69, 9.17) is 0 Å². The Morgan fingerprint density at radius 2 is 1.63 bits per heavy atom. The van der Waals surface area contributed by atoms with Gasteiger partial charge in [-0.05, 0) is 32.6 Å². The number of Topliss-reactive ketones (excluding diaryl/α,β-unsaturated/α-hetero) is 1. The molecule has 2 saturated carbocycles. The first-order chi connectivity index (χ1) is 9.17. The molecule has 1 aliphatic heterocycles. The number of rotatable bonds is 2. The second-order valence-electron chi connectivity index (χ2n) is 6.71. The van der Waals surface area contributed by atoms with E-state index >= 15 is 0 Å². The van der Waals surface area contributed by atoms with Crippen molar-refractivity contribution in [1.29, 1.82) is 0 Å². The fourth-order valence-corrected chi connectivity index (χ4v) is 4.79. The molecule has 0 aromatic carbocycles. The summed E-state index contributed by atoms with van der Waals surface area (Å²) in [5.74, 6) is -0.0741. The first kappa shape index (κ1) is 13.1. The summed E-state index contributed by atoms with van der Waals surface area (Å²) in [7, 11) is 0. The number of β-lactam (4-membered cyclic amide) rings is 1. The molecule has 0 aromatic heterocycles. The van der Waals surface area contributed by atoms with Crippen LogP contribution in [0.1, 0.15) is 71.1 Å². The zero-order chi connectivity index (χ0) is 13.5. The Hall–Kier alpha value is -0.860.